The fourth-order valence-electron chi connectivity index (χ4n) is 2.71. The van der Waals surface area contributed by atoms with Crippen LogP contribution in [0.4, 0.5) is 13.2 Å². The van der Waals surface area contributed by atoms with Crippen molar-refractivity contribution in [1.82, 2.24) is 10.3 Å². The monoisotopic (exact) mass is 359 g/mol. The molecule has 9 heteroatoms. The van der Waals surface area contributed by atoms with Crippen molar-refractivity contribution in [2.24, 2.45) is 5.73 Å². The van der Waals surface area contributed by atoms with Gasteiger partial charge in [0.25, 0.3) is 5.91 Å². The average molecular weight is 359 g/mol. The van der Waals surface area contributed by atoms with Gasteiger partial charge < -0.3 is 15.8 Å². The number of amides is 1. The standard InChI is InChI=1S/C15H16F3N3O2S/c1-6-10(15(16,17)18)12-11(9(5-24-12)13(22)20-2)21-14(6)23-8-3-7(19)4-8/h5,7-8H,3-4,19H2,1-2H3,(H,20,22). The van der Waals surface area contributed by atoms with Gasteiger partial charge >= 0.3 is 6.18 Å². The van der Waals surface area contributed by atoms with Crippen LogP contribution in [0.5, 0.6) is 5.88 Å². The van der Waals surface area contributed by atoms with E-state index in [0.29, 0.717) is 12.8 Å². The number of thiophene rings is 1. The molecule has 3 rings (SSSR count). The average Bonchev–Trinajstić information content (AvgIpc) is 2.87. The maximum absolute atomic E-state index is 13.5. The smallest absolute Gasteiger partial charge is 0.418 e. The zero-order chi connectivity index (χ0) is 17.6. The molecule has 0 unspecified atom stereocenters. The number of nitrogens with two attached hydrogens (primary N) is 1. The lowest BCUT2D eigenvalue weighted by Gasteiger charge is -2.32. The van der Waals surface area contributed by atoms with Crippen LogP contribution in [-0.2, 0) is 6.18 Å². The summed E-state index contributed by atoms with van der Waals surface area (Å²) < 4.78 is 46.2. The second kappa shape index (κ2) is 5.89. The van der Waals surface area contributed by atoms with Gasteiger partial charge in [0.2, 0.25) is 5.88 Å². The fraction of sp³-hybridized carbons (Fsp3) is 0.467. The molecule has 1 saturated carbocycles. The second-order valence-electron chi connectivity index (χ2n) is 5.79. The van der Waals surface area contributed by atoms with Gasteiger partial charge in [0.15, 0.2) is 0 Å². The molecule has 0 atom stereocenters. The van der Waals surface area contributed by atoms with Crippen LogP contribution < -0.4 is 15.8 Å². The Morgan fingerprint density at radius 1 is 1.46 bits per heavy atom. The number of carbonyl (C=O) groups excluding carboxylic acids is 1. The first-order chi connectivity index (χ1) is 11.2. The topological polar surface area (TPSA) is 77.2 Å². The zero-order valence-electron chi connectivity index (χ0n) is 13.0. The number of hydrogen-bond donors (Lipinski definition) is 2. The van der Waals surface area contributed by atoms with Crippen molar-refractivity contribution < 1.29 is 22.7 Å². The molecule has 5 nitrogen and oxygen atoms in total. The SMILES string of the molecule is CNC(=O)c1csc2c(C(F)(F)F)c(C)c(OC3CC(N)C3)nc12. The molecule has 2 aromatic heterocycles. The van der Waals surface area contributed by atoms with Gasteiger partial charge in [0.1, 0.15) is 6.10 Å². The van der Waals surface area contributed by atoms with E-state index < -0.39 is 17.6 Å². The van der Waals surface area contributed by atoms with E-state index >= 15 is 0 Å². The minimum Gasteiger partial charge on any atom is -0.474 e. The Balaban J connectivity index is 2.16. The van der Waals surface area contributed by atoms with Crippen LogP contribution in [0, 0.1) is 6.92 Å². The Morgan fingerprint density at radius 2 is 2.12 bits per heavy atom. The number of pyridine rings is 1. The van der Waals surface area contributed by atoms with Crippen molar-refractivity contribution in [1.29, 1.82) is 0 Å². The van der Waals surface area contributed by atoms with Gasteiger partial charge in [-0.1, -0.05) is 0 Å². The number of aromatic nitrogens is 1. The Hall–Kier alpha value is -1.87. The van der Waals surface area contributed by atoms with E-state index in [0.717, 1.165) is 11.3 Å². The summed E-state index contributed by atoms with van der Waals surface area (Å²) in [7, 11) is 1.41. The molecule has 1 fully saturated rings. The molecule has 130 valence electrons. The molecule has 1 aliphatic carbocycles. The third-order valence-corrected chi connectivity index (χ3v) is 5.05. The molecule has 0 spiro atoms. The maximum atomic E-state index is 13.5. The molecule has 0 radical (unpaired) electrons. The molecule has 0 saturated heterocycles. The highest BCUT2D eigenvalue weighted by molar-refractivity contribution is 7.17. The fourth-order valence-corrected chi connectivity index (χ4v) is 3.82. The number of rotatable bonds is 3. The molecule has 2 aromatic rings. The van der Waals surface area contributed by atoms with Gasteiger partial charge in [-0.05, 0) is 19.8 Å². The minimum absolute atomic E-state index is 0.00343. The van der Waals surface area contributed by atoms with Crippen molar-refractivity contribution in [2.75, 3.05) is 7.05 Å². The predicted molar refractivity (Wildman–Crippen MR) is 84.4 cm³/mol. The highest BCUT2D eigenvalue weighted by atomic mass is 32.1. The summed E-state index contributed by atoms with van der Waals surface area (Å²) in [5.74, 6) is -0.572. The first-order valence-corrected chi connectivity index (χ1v) is 8.23. The van der Waals surface area contributed by atoms with E-state index in [-0.39, 0.29) is 39.4 Å². The minimum atomic E-state index is -4.57. The number of carbonyl (C=O) groups is 1. The molecule has 2 heterocycles. The highest BCUT2D eigenvalue weighted by Crippen LogP contribution is 2.43. The van der Waals surface area contributed by atoms with Crippen LogP contribution in [0.25, 0.3) is 10.2 Å². The van der Waals surface area contributed by atoms with Gasteiger partial charge in [-0.3, -0.25) is 4.79 Å². The quantitative estimate of drug-likeness (QED) is 0.883. The summed E-state index contributed by atoms with van der Waals surface area (Å²) in [5.41, 5.74) is 4.93. The Labute approximate surface area is 140 Å². The summed E-state index contributed by atoms with van der Waals surface area (Å²) >= 11 is 0.854. The van der Waals surface area contributed by atoms with Gasteiger partial charge in [0, 0.05) is 24.0 Å². The lowest BCUT2D eigenvalue weighted by atomic mass is 9.90. The number of fused-ring (bicyclic) bond motifs is 1. The van der Waals surface area contributed by atoms with Gasteiger partial charge in [-0.2, -0.15) is 13.2 Å². The molecule has 0 bridgehead atoms. The van der Waals surface area contributed by atoms with E-state index in [1.54, 1.807) is 0 Å². The molecular formula is C15H16F3N3O2S. The first-order valence-electron chi connectivity index (χ1n) is 7.35. The van der Waals surface area contributed by atoms with E-state index in [2.05, 4.69) is 10.3 Å². The summed E-state index contributed by atoms with van der Waals surface area (Å²) in [6.07, 6.45) is -3.66. The molecular weight excluding hydrogens is 343 g/mol. The summed E-state index contributed by atoms with van der Waals surface area (Å²) in [5, 5.41) is 3.79. The molecule has 24 heavy (non-hydrogen) atoms. The number of nitrogens with zero attached hydrogens (tertiary/aromatic N) is 1. The largest absolute Gasteiger partial charge is 0.474 e. The Bertz CT molecular complexity index is 797. The number of halogens is 3. The summed E-state index contributed by atoms with van der Waals surface area (Å²) in [6.45, 7) is 1.34. The van der Waals surface area contributed by atoms with Crippen LogP contribution in [0.1, 0.15) is 34.3 Å². The molecule has 0 aliphatic heterocycles. The van der Waals surface area contributed by atoms with E-state index in [4.69, 9.17) is 10.5 Å². The van der Waals surface area contributed by atoms with Gasteiger partial charge in [0.05, 0.1) is 21.3 Å². The first kappa shape index (κ1) is 17.0. The third kappa shape index (κ3) is 2.82. The van der Waals surface area contributed by atoms with Crippen molar-refractivity contribution in [3.63, 3.8) is 0 Å². The van der Waals surface area contributed by atoms with E-state index in [1.165, 1.54) is 19.4 Å². The zero-order valence-corrected chi connectivity index (χ0v) is 13.8. The van der Waals surface area contributed by atoms with Crippen molar-refractivity contribution in [3.05, 3.63) is 22.1 Å². The third-order valence-electron chi connectivity index (χ3n) is 4.07. The van der Waals surface area contributed by atoms with E-state index in [9.17, 15) is 18.0 Å². The lowest BCUT2D eigenvalue weighted by molar-refractivity contribution is -0.136. The molecule has 0 aromatic carbocycles. The number of alkyl halides is 3. The normalized spacial score (nSPS) is 20.8. The van der Waals surface area contributed by atoms with Crippen LogP contribution in [0.2, 0.25) is 0 Å². The Morgan fingerprint density at radius 3 is 2.67 bits per heavy atom. The van der Waals surface area contributed by atoms with Crippen LogP contribution in [-0.4, -0.2) is 30.1 Å². The van der Waals surface area contributed by atoms with E-state index in [1.807, 2.05) is 0 Å². The predicted octanol–water partition coefficient (Wildman–Crippen LogP) is 2.85. The highest BCUT2D eigenvalue weighted by Gasteiger charge is 2.39. The van der Waals surface area contributed by atoms with Crippen LogP contribution in [0.3, 0.4) is 0 Å². The molecule has 1 amide bonds. The van der Waals surface area contributed by atoms with Gasteiger partial charge in [-0.25, -0.2) is 4.98 Å². The molecule has 1 aliphatic rings. The number of nitrogens with one attached hydrogen (secondary N) is 1. The molecule has 3 N–H and O–H groups in total. The van der Waals surface area contributed by atoms with Crippen molar-refractivity contribution >= 4 is 27.5 Å². The van der Waals surface area contributed by atoms with Gasteiger partial charge in [-0.15, -0.1) is 11.3 Å². The number of ether oxygens (including phenoxy) is 1. The van der Waals surface area contributed by atoms with Crippen molar-refractivity contribution in [3.8, 4) is 5.88 Å². The summed E-state index contributed by atoms with van der Waals surface area (Å²) in [6, 6.07) is 0.00343. The van der Waals surface area contributed by atoms with Crippen molar-refractivity contribution in [2.45, 2.75) is 38.1 Å². The Kier molecular flexibility index (Phi) is 4.16. The van der Waals surface area contributed by atoms with Crippen LogP contribution in [0.15, 0.2) is 5.38 Å². The lowest BCUT2D eigenvalue weighted by Crippen LogP contribution is -2.43. The number of hydrogen-bond acceptors (Lipinski definition) is 5. The maximum Gasteiger partial charge on any atom is 0.418 e. The summed E-state index contributed by atoms with van der Waals surface area (Å²) in [4.78, 5) is 16.1. The second-order valence-corrected chi connectivity index (χ2v) is 6.67. The van der Waals surface area contributed by atoms with Crippen LogP contribution >= 0.6 is 11.3 Å².